The molecule has 22 heavy (non-hydrogen) atoms. The van der Waals surface area contributed by atoms with Gasteiger partial charge < -0.3 is 0 Å². The van der Waals surface area contributed by atoms with Gasteiger partial charge >= 0.3 is 0 Å². The number of benzene rings is 1. The molecule has 6 heteroatoms. The van der Waals surface area contributed by atoms with Crippen LogP contribution in [0.3, 0.4) is 0 Å². The highest BCUT2D eigenvalue weighted by molar-refractivity contribution is 6.55. The molecule has 110 valence electrons. The number of rotatable bonds is 3. The van der Waals surface area contributed by atoms with Gasteiger partial charge in [0.05, 0.1) is 12.1 Å². The molecule has 1 aliphatic rings. The first-order valence-corrected chi connectivity index (χ1v) is 7.24. The Bertz CT molecular complexity index is 770. The van der Waals surface area contributed by atoms with Gasteiger partial charge in [-0.25, -0.2) is 0 Å². The maximum absolute atomic E-state index is 12.5. The van der Waals surface area contributed by atoms with E-state index in [-0.39, 0.29) is 17.2 Å². The molecule has 0 aliphatic carbocycles. The third-order valence-electron chi connectivity index (χ3n) is 3.31. The van der Waals surface area contributed by atoms with Crippen LogP contribution in [0.4, 0.5) is 0 Å². The number of carbonyl (C=O) groups is 2. The van der Waals surface area contributed by atoms with Crippen molar-refractivity contribution in [2.45, 2.75) is 6.54 Å². The molecule has 0 N–H and O–H groups in total. The van der Waals surface area contributed by atoms with Gasteiger partial charge in [-0.05, 0) is 29.3 Å². The van der Waals surface area contributed by atoms with Crippen molar-refractivity contribution in [3.05, 3.63) is 70.0 Å². The van der Waals surface area contributed by atoms with Crippen LogP contribution in [0.2, 0.25) is 5.02 Å². The van der Waals surface area contributed by atoms with Crippen molar-refractivity contribution in [3.8, 4) is 0 Å². The molecule has 1 aromatic heterocycles. The molecule has 0 spiro atoms. The topological polar surface area (TPSA) is 50.3 Å². The number of nitrogens with zero attached hydrogens (tertiary/aromatic N) is 2. The van der Waals surface area contributed by atoms with E-state index in [1.807, 2.05) is 0 Å². The number of amides is 2. The lowest BCUT2D eigenvalue weighted by atomic mass is 10.1. The zero-order valence-corrected chi connectivity index (χ0v) is 12.8. The molecule has 0 unspecified atom stereocenters. The summed E-state index contributed by atoms with van der Waals surface area (Å²) in [6.07, 6.45) is 3.23. The Morgan fingerprint density at radius 3 is 2.36 bits per heavy atom. The molecule has 4 nitrogen and oxygen atoms in total. The average Bonchev–Trinajstić information content (AvgIpc) is 2.73. The van der Waals surface area contributed by atoms with Gasteiger partial charge in [0.25, 0.3) is 11.8 Å². The molecule has 2 amide bonds. The highest BCUT2D eigenvalue weighted by Gasteiger charge is 2.38. The summed E-state index contributed by atoms with van der Waals surface area (Å²) < 4.78 is 0. The maximum atomic E-state index is 12.5. The number of carbonyl (C=O) groups excluding carboxylic acids is 2. The van der Waals surface area contributed by atoms with E-state index in [2.05, 4.69) is 4.98 Å². The fraction of sp³-hybridized carbons (Fsp3) is 0.0625. The van der Waals surface area contributed by atoms with Gasteiger partial charge in [-0.15, -0.1) is 0 Å². The molecule has 1 aromatic carbocycles. The van der Waals surface area contributed by atoms with Crippen molar-refractivity contribution in [2.24, 2.45) is 0 Å². The monoisotopic (exact) mass is 332 g/mol. The second-order valence-electron chi connectivity index (χ2n) is 4.75. The highest BCUT2D eigenvalue weighted by atomic mass is 35.5. The minimum absolute atomic E-state index is 0.0730. The van der Waals surface area contributed by atoms with E-state index in [0.717, 1.165) is 10.5 Å². The molecule has 3 rings (SSSR count). The summed E-state index contributed by atoms with van der Waals surface area (Å²) in [5.74, 6) is -0.915. The first kappa shape index (κ1) is 14.8. The number of halogens is 2. The second-order valence-corrected chi connectivity index (χ2v) is 5.57. The summed E-state index contributed by atoms with van der Waals surface area (Å²) in [4.78, 5) is 29.9. The zero-order chi connectivity index (χ0) is 15.7. The number of aromatic nitrogens is 1. The van der Waals surface area contributed by atoms with Gasteiger partial charge in [-0.3, -0.25) is 19.5 Å². The van der Waals surface area contributed by atoms with Crippen LogP contribution in [0.1, 0.15) is 11.1 Å². The predicted molar refractivity (Wildman–Crippen MR) is 84.0 cm³/mol. The van der Waals surface area contributed by atoms with E-state index in [1.165, 1.54) is 0 Å². The summed E-state index contributed by atoms with van der Waals surface area (Å²) in [6, 6.07) is 10.2. The van der Waals surface area contributed by atoms with Crippen LogP contribution in [-0.2, 0) is 16.1 Å². The molecule has 2 heterocycles. The normalized spacial score (nSPS) is 14.9. The molecule has 1 aliphatic heterocycles. The lowest BCUT2D eigenvalue weighted by Gasteiger charge is -2.14. The summed E-state index contributed by atoms with van der Waals surface area (Å²) in [6.45, 7) is 0.138. The first-order valence-electron chi connectivity index (χ1n) is 6.48. The van der Waals surface area contributed by atoms with Crippen molar-refractivity contribution < 1.29 is 9.59 Å². The number of pyridine rings is 1. The summed E-state index contributed by atoms with van der Waals surface area (Å²) >= 11 is 11.9. The van der Waals surface area contributed by atoms with E-state index in [9.17, 15) is 9.59 Å². The van der Waals surface area contributed by atoms with Crippen molar-refractivity contribution in [3.63, 3.8) is 0 Å². The van der Waals surface area contributed by atoms with Crippen LogP contribution in [-0.4, -0.2) is 21.7 Å². The minimum atomic E-state index is -0.500. The Kier molecular flexibility index (Phi) is 3.96. The molecule has 0 radical (unpaired) electrons. The second kappa shape index (κ2) is 5.91. The Morgan fingerprint density at radius 2 is 1.73 bits per heavy atom. The molecule has 0 saturated heterocycles. The SMILES string of the molecule is O=C1C(Cl)=C(c2ccc(Cl)cc2)C(=O)N1Cc1cccnc1. The predicted octanol–water partition coefficient (Wildman–Crippen LogP) is 3.25. The quantitative estimate of drug-likeness (QED) is 0.810. The van der Waals surface area contributed by atoms with Gasteiger partial charge in [0.15, 0.2) is 0 Å². The van der Waals surface area contributed by atoms with Crippen LogP contribution >= 0.6 is 23.2 Å². The number of hydrogen-bond donors (Lipinski definition) is 0. The Hall–Kier alpha value is -2.17. The van der Waals surface area contributed by atoms with Crippen molar-refractivity contribution in [2.75, 3.05) is 0 Å². The van der Waals surface area contributed by atoms with Crippen LogP contribution in [0.5, 0.6) is 0 Å². The Labute approximate surface area is 137 Å². The lowest BCUT2D eigenvalue weighted by Crippen LogP contribution is -2.30. The third kappa shape index (κ3) is 2.63. The highest BCUT2D eigenvalue weighted by Crippen LogP contribution is 2.32. The first-order chi connectivity index (χ1) is 10.6. The average molecular weight is 333 g/mol. The van der Waals surface area contributed by atoms with Crippen molar-refractivity contribution >= 4 is 40.6 Å². The molecular weight excluding hydrogens is 323 g/mol. The van der Waals surface area contributed by atoms with Crippen LogP contribution in [0.25, 0.3) is 5.57 Å². The standard InChI is InChI=1S/C16H10Cl2N2O2/c17-12-5-3-11(4-6-12)13-14(18)16(22)20(15(13)21)9-10-2-1-7-19-8-10/h1-8H,9H2. The van der Waals surface area contributed by atoms with Crippen molar-refractivity contribution in [1.29, 1.82) is 0 Å². The van der Waals surface area contributed by atoms with E-state index >= 15 is 0 Å². The van der Waals surface area contributed by atoms with Crippen LogP contribution in [0, 0.1) is 0 Å². The fourth-order valence-corrected chi connectivity index (χ4v) is 2.65. The Morgan fingerprint density at radius 1 is 1.00 bits per heavy atom. The lowest BCUT2D eigenvalue weighted by molar-refractivity contribution is -0.137. The minimum Gasteiger partial charge on any atom is -0.269 e. The smallest absolute Gasteiger partial charge is 0.269 e. The molecule has 0 atom stereocenters. The van der Waals surface area contributed by atoms with E-state index in [4.69, 9.17) is 23.2 Å². The van der Waals surface area contributed by atoms with Crippen LogP contribution < -0.4 is 0 Å². The van der Waals surface area contributed by atoms with E-state index < -0.39 is 11.8 Å². The van der Waals surface area contributed by atoms with Gasteiger partial charge in [0, 0.05) is 17.4 Å². The molecular formula is C16H10Cl2N2O2. The van der Waals surface area contributed by atoms with Gasteiger partial charge in [0.2, 0.25) is 0 Å². The third-order valence-corrected chi connectivity index (χ3v) is 3.91. The Balaban J connectivity index is 1.92. The summed E-state index contributed by atoms with van der Waals surface area (Å²) in [7, 11) is 0. The largest absolute Gasteiger partial charge is 0.273 e. The van der Waals surface area contributed by atoms with E-state index in [0.29, 0.717) is 10.6 Å². The number of hydrogen-bond acceptors (Lipinski definition) is 3. The van der Waals surface area contributed by atoms with E-state index in [1.54, 1.807) is 48.8 Å². The number of imide groups is 1. The zero-order valence-electron chi connectivity index (χ0n) is 11.3. The van der Waals surface area contributed by atoms with Gasteiger partial charge in [-0.1, -0.05) is 41.4 Å². The molecule has 2 aromatic rings. The fourth-order valence-electron chi connectivity index (χ4n) is 2.23. The van der Waals surface area contributed by atoms with Crippen molar-refractivity contribution in [1.82, 2.24) is 9.88 Å². The van der Waals surface area contributed by atoms with Crippen LogP contribution in [0.15, 0.2) is 53.8 Å². The van der Waals surface area contributed by atoms with Gasteiger partial charge in [-0.2, -0.15) is 0 Å². The maximum Gasteiger partial charge on any atom is 0.273 e. The summed E-state index contributed by atoms with van der Waals surface area (Å²) in [5, 5.41) is 0.473. The van der Waals surface area contributed by atoms with Gasteiger partial charge in [0.1, 0.15) is 5.03 Å². The molecule has 0 bridgehead atoms. The molecule has 0 saturated carbocycles. The molecule has 0 fully saturated rings. The summed E-state index contributed by atoms with van der Waals surface area (Å²) in [5.41, 5.74) is 1.53.